The van der Waals surface area contributed by atoms with E-state index in [9.17, 15) is 4.79 Å². The Morgan fingerprint density at radius 2 is 2.29 bits per heavy atom. The maximum atomic E-state index is 12.0. The zero-order valence-corrected chi connectivity index (χ0v) is 11.9. The number of fused-ring (bicyclic) bond motifs is 1. The second kappa shape index (κ2) is 5.73. The molecule has 4 nitrogen and oxygen atoms in total. The average Bonchev–Trinajstić information content (AvgIpc) is 3.01. The molecule has 0 saturated heterocycles. The zero-order valence-electron chi connectivity index (χ0n) is 11.0. The Labute approximate surface area is 125 Å². The van der Waals surface area contributed by atoms with Crippen molar-refractivity contribution in [2.45, 2.75) is 6.54 Å². The summed E-state index contributed by atoms with van der Waals surface area (Å²) in [6.45, 7) is 0.425. The summed E-state index contributed by atoms with van der Waals surface area (Å²) in [7, 11) is 0. The number of nitrogens with one attached hydrogen (secondary N) is 1. The standard InChI is InChI=1S/C16H11N3OS/c1-2-15-19-14(10-21-15)16(20)18-9-11-5-6-12-4-3-7-17-13(12)8-11/h1,3-8,10H,9H2,(H,18,20). The first kappa shape index (κ1) is 13.3. The molecule has 0 unspecified atom stereocenters. The molecule has 0 aliphatic carbocycles. The van der Waals surface area contributed by atoms with Gasteiger partial charge in [-0.1, -0.05) is 18.2 Å². The summed E-state index contributed by atoms with van der Waals surface area (Å²) >= 11 is 1.28. The monoisotopic (exact) mass is 293 g/mol. The first-order valence-corrected chi connectivity index (χ1v) is 7.18. The molecular weight excluding hydrogens is 282 g/mol. The van der Waals surface area contributed by atoms with Crippen LogP contribution < -0.4 is 5.32 Å². The molecule has 0 spiro atoms. The maximum absolute atomic E-state index is 12.0. The molecule has 5 heteroatoms. The smallest absolute Gasteiger partial charge is 0.271 e. The Morgan fingerprint density at radius 1 is 1.38 bits per heavy atom. The molecule has 0 radical (unpaired) electrons. The van der Waals surface area contributed by atoms with Crippen molar-refractivity contribution in [1.29, 1.82) is 0 Å². The number of aromatic nitrogens is 2. The first-order valence-electron chi connectivity index (χ1n) is 6.30. The molecule has 0 fully saturated rings. The van der Waals surface area contributed by atoms with E-state index in [2.05, 4.69) is 21.2 Å². The number of terminal acetylenes is 1. The van der Waals surface area contributed by atoms with Gasteiger partial charge in [-0.3, -0.25) is 9.78 Å². The van der Waals surface area contributed by atoms with Crippen molar-refractivity contribution >= 4 is 28.1 Å². The fourth-order valence-electron chi connectivity index (χ4n) is 1.94. The van der Waals surface area contributed by atoms with Gasteiger partial charge in [-0.15, -0.1) is 17.8 Å². The van der Waals surface area contributed by atoms with Gasteiger partial charge in [0.2, 0.25) is 0 Å². The van der Waals surface area contributed by atoms with Gasteiger partial charge in [0.15, 0.2) is 5.01 Å². The molecule has 1 amide bonds. The molecule has 0 bridgehead atoms. The summed E-state index contributed by atoms with van der Waals surface area (Å²) in [5.41, 5.74) is 2.25. The lowest BCUT2D eigenvalue weighted by Crippen LogP contribution is -2.23. The summed E-state index contributed by atoms with van der Waals surface area (Å²) in [5, 5.41) is 6.07. The van der Waals surface area contributed by atoms with Crippen LogP contribution in [0.5, 0.6) is 0 Å². The molecule has 0 atom stereocenters. The minimum atomic E-state index is -0.228. The summed E-state index contributed by atoms with van der Waals surface area (Å²) in [5.74, 6) is 2.19. The first-order chi connectivity index (χ1) is 10.3. The summed E-state index contributed by atoms with van der Waals surface area (Å²) in [6.07, 6.45) is 6.99. The number of amides is 1. The van der Waals surface area contributed by atoms with Gasteiger partial charge in [-0.05, 0) is 23.6 Å². The van der Waals surface area contributed by atoms with Gasteiger partial charge in [-0.2, -0.15) is 0 Å². The number of nitrogens with zero attached hydrogens (tertiary/aromatic N) is 2. The van der Waals surface area contributed by atoms with E-state index >= 15 is 0 Å². The van der Waals surface area contributed by atoms with Crippen molar-refractivity contribution in [1.82, 2.24) is 15.3 Å². The van der Waals surface area contributed by atoms with Crippen molar-refractivity contribution in [3.8, 4) is 12.3 Å². The minimum absolute atomic E-state index is 0.228. The van der Waals surface area contributed by atoms with E-state index in [1.54, 1.807) is 11.6 Å². The highest BCUT2D eigenvalue weighted by molar-refractivity contribution is 7.10. The van der Waals surface area contributed by atoms with Crippen LogP contribution in [-0.4, -0.2) is 15.9 Å². The van der Waals surface area contributed by atoms with Gasteiger partial charge in [0.25, 0.3) is 5.91 Å². The SMILES string of the molecule is C#Cc1nc(C(=O)NCc2ccc3cccnc3c2)cs1. The van der Waals surface area contributed by atoms with Crippen molar-refractivity contribution in [2.24, 2.45) is 0 Å². The highest BCUT2D eigenvalue weighted by Gasteiger charge is 2.09. The van der Waals surface area contributed by atoms with E-state index in [4.69, 9.17) is 6.42 Å². The Balaban J connectivity index is 1.71. The lowest BCUT2D eigenvalue weighted by atomic mass is 10.1. The number of pyridine rings is 1. The van der Waals surface area contributed by atoms with Crippen LogP contribution in [0.2, 0.25) is 0 Å². The van der Waals surface area contributed by atoms with E-state index in [1.807, 2.05) is 30.3 Å². The number of carbonyl (C=O) groups is 1. The zero-order chi connectivity index (χ0) is 14.7. The molecule has 0 aliphatic heterocycles. The van der Waals surface area contributed by atoms with Crippen LogP contribution in [0.1, 0.15) is 21.1 Å². The maximum Gasteiger partial charge on any atom is 0.271 e. The van der Waals surface area contributed by atoms with E-state index in [-0.39, 0.29) is 5.91 Å². The van der Waals surface area contributed by atoms with Gasteiger partial charge in [0.05, 0.1) is 5.52 Å². The van der Waals surface area contributed by atoms with Crippen molar-refractivity contribution in [2.75, 3.05) is 0 Å². The van der Waals surface area contributed by atoms with Crippen LogP contribution in [0, 0.1) is 12.3 Å². The van der Waals surface area contributed by atoms with Crippen LogP contribution in [0.3, 0.4) is 0 Å². The molecule has 2 aromatic heterocycles. The molecule has 3 rings (SSSR count). The van der Waals surface area contributed by atoms with E-state index in [0.717, 1.165) is 16.5 Å². The molecule has 21 heavy (non-hydrogen) atoms. The third kappa shape index (κ3) is 2.91. The Kier molecular flexibility index (Phi) is 3.63. The predicted octanol–water partition coefficient (Wildman–Crippen LogP) is 2.60. The normalized spacial score (nSPS) is 10.2. The molecule has 0 saturated carbocycles. The number of benzene rings is 1. The van der Waals surface area contributed by atoms with Crippen LogP contribution in [0.15, 0.2) is 41.9 Å². The highest BCUT2D eigenvalue weighted by atomic mass is 32.1. The molecule has 1 aromatic carbocycles. The van der Waals surface area contributed by atoms with E-state index < -0.39 is 0 Å². The Morgan fingerprint density at radius 3 is 3.10 bits per heavy atom. The van der Waals surface area contributed by atoms with Crippen molar-refractivity contribution in [3.63, 3.8) is 0 Å². The van der Waals surface area contributed by atoms with Gasteiger partial charge in [-0.25, -0.2) is 4.98 Å². The second-order valence-corrected chi connectivity index (χ2v) is 5.25. The fraction of sp³-hybridized carbons (Fsp3) is 0.0625. The minimum Gasteiger partial charge on any atom is -0.347 e. The molecular formula is C16H11N3OS. The number of rotatable bonds is 3. The van der Waals surface area contributed by atoms with Gasteiger partial charge < -0.3 is 5.32 Å². The fourth-order valence-corrected chi connectivity index (χ4v) is 2.54. The second-order valence-electron chi connectivity index (χ2n) is 4.40. The van der Waals surface area contributed by atoms with Crippen LogP contribution in [0.4, 0.5) is 0 Å². The molecule has 1 N–H and O–H groups in total. The van der Waals surface area contributed by atoms with Crippen LogP contribution >= 0.6 is 11.3 Å². The van der Waals surface area contributed by atoms with Crippen LogP contribution in [0.25, 0.3) is 10.9 Å². The quantitative estimate of drug-likeness (QED) is 0.755. The van der Waals surface area contributed by atoms with Crippen molar-refractivity contribution < 1.29 is 4.79 Å². The van der Waals surface area contributed by atoms with E-state index in [0.29, 0.717) is 17.2 Å². The molecule has 0 aliphatic rings. The third-order valence-electron chi connectivity index (χ3n) is 2.98. The van der Waals surface area contributed by atoms with E-state index in [1.165, 1.54) is 11.3 Å². The molecule has 3 aromatic rings. The van der Waals surface area contributed by atoms with Gasteiger partial charge in [0.1, 0.15) is 5.69 Å². The summed E-state index contributed by atoms with van der Waals surface area (Å²) in [4.78, 5) is 20.3. The Hall–Kier alpha value is -2.71. The topological polar surface area (TPSA) is 54.9 Å². The Bertz CT molecular complexity index is 848. The number of carbonyl (C=O) groups excluding carboxylic acids is 1. The molecule has 2 heterocycles. The number of thiazole rings is 1. The summed E-state index contributed by atoms with van der Waals surface area (Å²) in [6, 6.07) is 9.82. The van der Waals surface area contributed by atoms with Gasteiger partial charge in [0, 0.05) is 23.5 Å². The summed E-state index contributed by atoms with van der Waals surface area (Å²) < 4.78 is 0. The predicted molar refractivity (Wildman–Crippen MR) is 83.0 cm³/mol. The lowest BCUT2D eigenvalue weighted by Gasteiger charge is -2.04. The lowest BCUT2D eigenvalue weighted by molar-refractivity contribution is 0.0946. The van der Waals surface area contributed by atoms with Gasteiger partial charge >= 0.3 is 0 Å². The highest BCUT2D eigenvalue weighted by Crippen LogP contribution is 2.13. The average molecular weight is 293 g/mol. The molecule has 102 valence electrons. The third-order valence-corrected chi connectivity index (χ3v) is 3.76. The largest absolute Gasteiger partial charge is 0.347 e. The number of hydrogen-bond acceptors (Lipinski definition) is 4. The van der Waals surface area contributed by atoms with Crippen molar-refractivity contribution in [3.05, 3.63) is 58.2 Å². The van der Waals surface area contributed by atoms with Crippen LogP contribution in [-0.2, 0) is 6.54 Å². The number of hydrogen-bond donors (Lipinski definition) is 1.